The average Bonchev–Trinajstić information content (AvgIpc) is 2.75. The molecule has 0 aromatic rings. The second-order valence-corrected chi connectivity index (χ2v) is 8.71. The molecule has 30 heavy (non-hydrogen) atoms. The zero-order valence-electron chi connectivity index (χ0n) is 20.3. The monoisotopic (exact) mass is 420 g/mol. The zero-order chi connectivity index (χ0) is 22.0. The molecule has 1 atom stereocenters. The van der Waals surface area contributed by atoms with Crippen LogP contribution in [0.3, 0.4) is 0 Å². The smallest absolute Gasteiger partial charge is 0.214 e. The molecule has 4 heteroatoms. The molecule has 0 spiro atoms. The second kappa shape index (κ2) is 17.3. The van der Waals surface area contributed by atoms with Gasteiger partial charge in [0.2, 0.25) is 12.3 Å². The van der Waals surface area contributed by atoms with Crippen LogP contribution < -0.4 is 5.32 Å². The van der Waals surface area contributed by atoms with Crippen LogP contribution in [-0.4, -0.2) is 31.0 Å². The van der Waals surface area contributed by atoms with Gasteiger partial charge in [-0.3, -0.25) is 4.79 Å². The minimum Gasteiger partial charge on any atom is -0.481 e. The maximum absolute atomic E-state index is 11.0. The number of amides is 1. The van der Waals surface area contributed by atoms with Crippen LogP contribution in [0.2, 0.25) is 0 Å². The molecule has 1 heterocycles. The van der Waals surface area contributed by atoms with Gasteiger partial charge >= 0.3 is 0 Å². The van der Waals surface area contributed by atoms with E-state index in [1.165, 1.54) is 95.5 Å². The van der Waals surface area contributed by atoms with E-state index in [0.29, 0.717) is 6.04 Å². The van der Waals surface area contributed by atoms with Crippen molar-refractivity contribution in [1.29, 1.82) is 0 Å². The Kier molecular flexibility index (Phi) is 15.3. The maximum Gasteiger partial charge on any atom is 0.214 e. The number of ether oxygens (including phenoxy) is 1. The van der Waals surface area contributed by atoms with Crippen LogP contribution in [0.4, 0.5) is 0 Å². The summed E-state index contributed by atoms with van der Waals surface area (Å²) in [6.45, 7) is 7.51. The summed E-state index contributed by atoms with van der Waals surface area (Å²) in [5.74, 6) is 0.766. The fraction of sp³-hybridized carbons (Fsp3) is 0.808. The standard InChI is InChI=1S/C26H48N2O2/c1-5-7-8-9-10-11-12-13-14-15-16-17-18-19-20-24-21-25(27-22-29)26(30-4)28(6-2)23(24)3/h21-23H,5-20H2,1-4H3,(H,27,29). The first-order valence-electron chi connectivity index (χ1n) is 12.6. The number of methoxy groups -OCH3 is 1. The van der Waals surface area contributed by atoms with E-state index in [2.05, 4.69) is 37.1 Å². The van der Waals surface area contributed by atoms with Crippen molar-refractivity contribution in [1.82, 2.24) is 10.2 Å². The first-order chi connectivity index (χ1) is 14.7. The van der Waals surface area contributed by atoms with Crippen LogP contribution in [0, 0.1) is 0 Å². The summed E-state index contributed by atoms with van der Waals surface area (Å²) in [6.07, 6.45) is 23.3. The fourth-order valence-corrected chi connectivity index (χ4v) is 4.51. The van der Waals surface area contributed by atoms with Gasteiger partial charge in [0, 0.05) is 6.54 Å². The molecule has 0 aromatic heterocycles. The Morgan fingerprint density at radius 1 is 0.900 bits per heavy atom. The van der Waals surface area contributed by atoms with Gasteiger partial charge in [0.25, 0.3) is 0 Å². The van der Waals surface area contributed by atoms with Crippen LogP contribution in [0.5, 0.6) is 0 Å². The molecule has 0 aliphatic carbocycles. The third-order valence-electron chi connectivity index (χ3n) is 6.39. The second-order valence-electron chi connectivity index (χ2n) is 8.71. The molecule has 1 rings (SSSR count). The van der Waals surface area contributed by atoms with Crippen molar-refractivity contribution in [2.24, 2.45) is 0 Å². The number of nitrogens with zero attached hydrogens (tertiary/aromatic N) is 1. The fourth-order valence-electron chi connectivity index (χ4n) is 4.51. The van der Waals surface area contributed by atoms with Crippen LogP contribution in [0.15, 0.2) is 23.2 Å². The lowest BCUT2D eigenvalue weighted by Crippen LogP contribution is -2.39. The molecular formula is C26H48N2O2. The highest BCUT2D eigenvalue weighted by Gasteiger charge is 2.26. The van der Waals surface area contributed by atoms with Crippen molar-refractivity contribution < 1.29 is 9.53 Å². The summed E-state index contributed by atoms with van der Waals surface area (Å²) >= 11 is 0. The Hall–Kier alpha value is -1.45. The Labute approximate surface area is 186 Å². The number of unbranched alkanes of at least 4 members (excludes halogenated alkanes) is 13. The van der Waals surface area contributed by atoms with Gasteiger partial charge < -0.3 is 15.0 Å². The van der Waals surface area contributed by atoms with Gasteiger partial charge in [0.1, 0.15) is 5.70 Å². The minimum absolute atomic E-state index is 0.323. The summed E-state index contributed by atoms with van der Waals surface area (Å²) in [5, 5.41) is 2.81. The van der Waals surface area contributed by atoms with Gasteiger partial charge in [-0.1, -0.05) is 90.4 Å². The van der Waals surface area contributed by atoms with Crippen LogP contribution >= 0.6 is 0 Å². The number of hydrogen-bond acceptors (Lipinski definition) is 3. The van der Waals surface area contributed by atoms with E-state index in [-0.39, 0.29) is 0 Å². The summed E-state index contributed by atoms with van der Waals surface area (Å²) in [7, 11) is 1.67. The molecular weight excluding hydrogens is 372 g/mol. The van der Waals surface area contributed by atoms with Gasteiger partial charge in [-0.2, -0.15) is 0 Å². The Morgan fingerprint density at radius 3 is 1.83 bits per heavy atom. The Morgan fingerprint density at radius 2 is 1.40 bits per heavy atom. The molecule has 0 bridgehead atoms. The average molecular weight is 421 g/mol. The van der Waals surface area contributed by atoms with E-state index in [1.807, 2.05) is 0 Å². The molecule has 1 aliphatic heterocycles. The van der Waals surface area contributed by atoms with Crippen molar-refractivity contribution in [2.75, 3.05) is 13.7 Å². The zero-order valence-corrected chi connectivity index (χ0v) is 20.3. The molecule has 4 nitrogen and oxygen atoms in total. The number of allylic oxidation sites excluding steroid dienone is 1. The Balaban J connectivity index is 2.16. The van der Waals surface area contributed by atoms with E-state index in [9.17, 15) is 4.79 Å². The van der Waals surface area contributed by atoms with Gasteiger partial charge in [-0.05, 0) is 38.3 Å². The van der Waals surface area contributed by atoms with Gasteiger partial charge in [0.15, 0.2) is 0 Å². The van der Waals surface area contributed by atoms with E-state index in [4.69, 9.17) is 4.74 Å². The van der Waals surface area contributed by atoms with Crippen molar-refractivity contribution in [2.45, 2.75) is 123 Å². The minimum atomic E-state index is 0.323. The normalized spacial score (nSPS) is 16.6. The Bertz CT molecular complexity index is 513. The number of carbonyl (C=O) groups is 1. The third kappa shape index (κ3) is 10.0. The van der Waals surface area contributed by atoms with E-state index >= 15 is 0 Å². The largest absolute Gasteiger partial charge is 0.481 e. The molecule has 0 aromatic carbocycles. The summed E-state index contributed by atoms with van der Waals surface area (Å²) < 4.78 is 5.54. The number of rotatable bonds is 19. The molecule has 1 amide bonds. The summed E-state index contributed by atoms with van der Waals surface area (Å²) in [5.41, 5.74) is 2.17. The third-order valence-corrected chi connectivity index (χ3v) is 6.39. The van der Waals surface area contributed by atoms with E-state index < -0.39 is 0 Å². The molecule has 1 aliphatic rings. The van der Waals surface area contributed by atoms with Crippen molar-refractivity contribution in [3.8, 4) is 0 Å². The molecule has 0 fully saturated rings. The molecule has 1 N–H and O–H groups in total. The SMILES string of the molecule is CCCCCCCCCCCCCCCCC1=CC(NC=O)=C(OC)N(CC)C1C. The predicted molar refractivity (Wildman–Crippen MR) is 128 cm³/mol. The highest BCUT2D eigenvalue weighted by atomic mass is 16.5. The quantitative estimate of drug-likeness (QED) is 0.179. The summed E-state index contributed by atoms with van der Waals surface area (Å²) in [6, 6.07) is 0.323. The number of likely N-dealkylation sites (N-methyl/N-ethyl adjacent to an activating group) is 1. The van der Waals surface area contributed by atoms with Crippen molar-refractivity contribution >= 4 is 6.41 Å². The molecule has 174 valence electrons. The number of hydrogen-bond donors (Lipinski definition) is 1. The molecule has 0 radical (unpaired) electrons. The predicted octanol–water partition coefficient (Wildman–Crippen LogP) is 7.07. The van der Waals surface area contributed by atoms with Gasteiger partial charge in [0.05, 0.1) is 13.2 Å². The number of carbonyl (C=O) groups excluding carboxylic acids is 1. The van der Waals surface area contributed by atoms with E-state index in [0.717, 1.165) is 31.0 Å². The lowest BCUT2D eigenvalue weighted by molar-refractivity contribution is -0.109. The first kappa shape index (κ1) is 26.6. The lowest BCUT2D eigenvalue weighted by atomic mass is 9.95. The van der Waals surface area contributed by atoms with E-state index in [1.54, 1.807) is 7.11 Å². The highest BCUT2D eigenvalue weighted by Crippen LogP contribution is 2.28. The topological polar surface area (TPSA) is 41.6 Å². The highest BCUT2D eigenvalue weighted by molar-refractivity contribution is 5.53. The van der Waals surface area contributed by atoms with Crippen molar-refractivity contribution in [3.63, 3.8) is 0 Å². The molecule has 1 unspecified atom stereocenters. The lowest BCUT2D eigenvalue weighted by Gasteiger charge is -2.37. The first-order valence-corrected chi connectivity index (χ1v) is 12.6. The van der Waals surface area contributed by atoms with Crippen molar-refractivity contribution in [3.05, 3.63) is 23.2 Å². The molecule has 0 saturated carbocycles. The van der Waals surface area contributed by atoms with Crippen LogP contribution in [-0.2, 0) is 9.53 Å². The van der Waals surface area contributed by atoms with Gasteiger partial charge in [-0.25, -0.2) is 0 Å². The summed E-state index contributed by atoms with van der Waals surface area (Å²) in [4.78, 5) is 13.2. The van der Waals surface area contributed by atoms with Crippen LogP contribution in [0.1, 0.15) is 117 Å². The van der Waals surface area contributed by atoms with Crippen LogP contribution in [0.25, 0.3) is 0 Å². The molecule has 0 saturated heterocycles. The van der Waals surface area contributed by atoms with Gasteiger partial charge in [-0.15, -0.1) is 0 Å². The maximum atomic E-state index is 11.0. The number of nitrogens with one attached hydrogen (secondary N) is 1.